The first kappa shape index (κ1) is 26.0. The Bertz CT molecular complexity index is 1350. The van der Waals surface area contributed by atoms with E-state index in [1.165, 1.54) is 6.07 Å². The number of nitrogens with one attached hydrogen (secondary N) is 1. The van der Waals surface area contributed by atoms with Crippen molar-refractivity contribution in [1.29, 1.82) is 0 Å². The Hall–Kier alpha value is -3.60. The summed E-state index contributed by atoms with van der Waals surface area (Å²) in [4.78, 5) is 26.8. The Morgan fingerprint density at radius 3 is 2.45 bits per heavy atom. The van der Waals surface area contributed by atoms with Crippen LogP contribution in [-0.4, -0.2) is 60.2 Å². The number of hydrogen-bond donors (Lipinski definition) is 2. The van der Waals surface area contributed by atoms with Gasteiger partial charge in [0.2, 0.25) is 0 Å². The highest BCUT2D eigenvalue weighted by atomic mass is 19.4. The topological polar surface area (TPSA) is 96.6 Å². The predicted octanol–water partition coefficient (Wildman–Crippen LogP) is 4.78. The first-order chi connectivity index (χ1) is 18.1. The molecule has 5 rings (SSSR count). The van der Waals surface area contributed by atoms with E-state index in [1.807, 2.05) is 12.1 Å². The summed E-state index contributed by atoms with van der Waals surface area (Å²) in [5, 5.41) is 3.97. The first-order valence-electron chi connectivity index (χ1n) is 12.8. The van der Waals surface area contributed by atoms with Crippen LogP contribution in [0, 0.1) is 6.92 Å². The van der Waals surface area contributed by atoms with Crippen LogP contribution in [0.25, 0.3) is 10.9 Å². The number of morpholine rings is 1. The molecule has 1 amide bonds. The van der Waals surface area contributed by atoms with Gasteiger partial charge in [0.1, 0.15) is 11.6 Å². The number of carbonyl (C=O) groups is 1. The summed E-state index contributed by atoms with van der Waals surface area (Å²) < 4.78 is 45.6. The number of nitrogen functional groups attached to an aromatic ring is 1. The molecule has 0 saturated carbocycles. The van der Waals surface area contributed by atoms with Gasteiger partial charge in [0.25, 0.3) is 5.91 Å². The molecule has 0 aliphatic carbocycles. The van der Waals surface area contributed by atoms with Crippen molar-refractivity contribution in [3.05, 3.63) is 52.8 Å². The van der Waals surface area contributed by atoms with Gasteiger partial charge in [-0.05, 0) is 62.6 Å². The number of ether oxygens (including phenoxy) is 1. The molecule has 8 nitrogen and oxygen atoms in total. The van der Waals surface area contributed by atoms with E-state index in [1.54, 1.807) is 18.7 Å². The summed E-state index contributed by atoms with van der Waals surface area (Å²) in [6.45, 7) is 7.25. The van der Waals surface area contributed by atoms with Crippen molar-refractivity contribution < 1.29 is 22.7 Å². The van der Waals surface area contributed by atoms with Crippen LogP contribution in [0.2, 0.25) is 0 Å². The number of alkyl halides is 3. The fraction of sp³-hybridized carbons (Fsp3) is 0.444. The van der Waals surface area contributed by atoms with E-state index in [2.05, 4.69) is 20.2 Å². The molecule has 2 fully saturated rings. The summed E-state index contributed by atoms with van der Waals surface area (Å²) in [5.41, 5.74) is 7.42. The Morgan fingerprint density at radius 1 is 1.05 bits per heavy atom. The number of nitrogens with two attached hydrogens (primary N) is 1. The zero-order valence-electron chi connectivity index (χ0n) is 21.4. The van der Waals surface area contributed by atoms with Gasteiger partial charge in [-0.15, -0.1) is 0 Å². The smallest absolute Gasteiger partial charge is 0.399 e. The number of anilines is 3. The Morgan fingerprint density at radius 2 is 1.76 bits per heavy atom. The van der Waals surface area contributed by atoms with E-state index in [0.717, 1.165) is 43.8 Å². The Kier molecular flexibility index (Phi) is 7.04. The van der Waals surface area contributed by atoms with Crippen LogP contribution in [0.15, 0.2) is 30.3 Å². The van der Waals surface area contributed by atoms with Crippen molar-refractivity contribution in [2.24, 2.45) is 0 Å². The van der Waals surface area contributed by atoms with Crippen LogP contribution >= 0.6 is 0 Å². The third-order valence-electron chi connectivity index (χ3n) is 7.06. The number of aromatic nitrogens is 2. The zero-order chi connectivity index (χ0) is 27.0. The second-order valence-electron chi connectivity index (χ2n) is 9.86. The lowest BCUT2D eigenvalue weighted by Crippen LogP contribution is -2.41. The number of benzene rings is 2. The van der Waals surface area contributed by atoms with Crippen LogP contribution in [0.4, 0.5) is 30.4 Å². The Balaban J connectivity index is 1.56. The molecule has 11 heteroatoms. The van der Waals surface area contributed by atoms with Crippen LogP contribution in [0.3, 0.4) is 0 Å². The van der Waals surface area contributed by atoms with Gasteiger partial charge >= 0.3 is 6.18 Å². The molecular formula is C27H31F3N6O2. The van der Waals surface area contributed by atoms with E-state index < -0.39 is 17.8 Å². The summed E-state index contributed by atoms with van der Waals surface area (Å²) in [7, 11) is 0. The molecule has 0 bridgehead atoms. The second-order valence-corrected chi connectivity index (χ2v) is 9.86. The van der Waals surface area contributed by atoms with Gasteiger partial charge in [-0.3, -0.25) is 4.79 Å². The normalized spacial score (nSPS) is 17.2. The lowest BCUT2D eigenvalue weighted by Gasteiger charge is -2.29. The number of rotatable bonds is 5. The minimum absolute atomic E-state index is 0.0368. The quantitative estimate of drug-likeness (QED) is 0.460. The van der Waals surface area contributed by atoms with Crippen LogP contribution in [-0.2, 0) is 10.9 Å². The number of aryl methyl sites for hydroxylation is 1. The van der Waals surface area contributed by atoms with Crippen LogP contribution in [0.1, 0.15) is 53.1 Å². The molecule has 2 saturated heterocycles. The van der Waals surface area contributed by atoms with Gasteiger partial charge in [0, 0.05) is 37.3 Å². The molecule has 1 atom stereocenters. The third-order valence-corrected chi connectivity index (χ3v) is 7.06. The molecule has 3 aromatic rings. The lowest BCUT2D eigenvalue weighted by molar-refractivity contribution is -0.137. The van der Waals surface area contributed by atoms with Gasteiger partial charge < -0.3 is 25.6 Å². The number of fused-ring (bicyclic) bond motifs is 1. The lowest BCUT2D eigenvalue weighted by atomic mass is 10.0. The maximum atomic E-state index is 13.6. The van der Waals surface area contributed by atoms with Crippen molar-refractivity contribution in [3.63, 3.8) is 0 Å². The molecule has 0 radical (unpaired) electrons. The van der Waals surface area contributed by atoms with Crippen molar-refractivity contribution in [1.82, 2.24) is 14.9 Å². The SMILES string of the molecule is Cc1nc(N[C@H](C)c2cc(N)cc(C(F)(F)F)c2)c2cc(N3CCCC3)c(C(=O)N3CCOCC3)cc2n1. The summed E-state index contributed by atoms with van der Waals surface area (Å²) in [6.07, 6.45) is -2.43. The average Bonchev–Trinajstić information content (AvgIpc) is 3.42. The van der Waals surface area contributed by atoms with Crippen molar-refractivity contribution in [2.45, 2.75) is 38.9 Å². The van der Waals surface area contributed by atoms with Crippen LogP contribution < -0.4 is 16.0 Å². The number of carbonyl (C=O) groups excluding carboxylic acids is 1. The van der Waals surface area contributed by atoms with Gasteiger partial charge in [-0.1, -0.05) is 0 Å². The van der Waals surface area contributed by atoms with Gasteiger partial charge in [0.05, 0.1) is 41.6 Å². The highest BCUT2D eigenvalue weighted by Gasteiger charge is 2.32. The average molecular weight is 529 g/mol. The largest absolute Gasteiger partial charge is 0.416 e. The van der Waals surface area contributed by atoms with Crippen molar-refractivity contribution >= 4 is 34.0 Å². The van der Waals surface area contributed by atoms with E-state index in [9.17, 15) is 18.0 Å². The highest BCUT2D eigenvalue weighted by molar-refractivity contribution is 6.05. The van der Waals surface area contributed by atoms with E-state index >= 15 is 0 Å². The number of halogens is 3. The van der Waals surface area contributed by atoms with Crippen molar-refractivity contribution in [3.8, 4) is 0 Å². The molecule has 2 aliphatic heterocycles. The number of hydrogen-bond acceptors (Lipinski definition) is 7. The predicted molar refractivity (Wildman–Crippen MR) is 140 cm³/mol. The second kappa shape index (κ2) is 10.3. The first-order valence-corrected chi connectivity index (χ1v) is 12.8. The number of amides is 1. The maximum absolute atomic E-state index is 13.6. The highest BCUT2D eigenvalue weighted by Crippen LogP contribution is 2.36. The molecule has 0 unspecified atom stereocenters. The molecule has 3 heterocycles. The van der Waals surface area contributed by atoms with Gasteiger partial charge in [-0.2, -0.15) is 13.2 Å². The molecular weight excluding hydrogens is 497 g/mol. The zero-order valence-corrected chi connectivity index (χ0v) is 21.4. The maximum Gasteiger partial charge on any atom is 0.416 e. The number of nitrogens with zero attached hydrogens (tertiary/aromatic N) is 4. The van der Waals surface area contributed by atoms with E-state index in [4.69, 9.17) is 10.5 Å². The molecule has 202 valence electrons. The molecule has 3 N–H and O–H groups in total. The minimum atomic E-state index is -4.50. The Labute approximate surface area is 219 Å². The standard InChI is InChI=1S/C27H31F3N6O2/c1-16(18-11-19(27(28,29)30)13-20(31)12-18)32-25-21-15-24(35-5-3-4-6-35)22(14-23(21)33-17(2)34-25)26(37)36-7-9-38-10-8-36/h11-16H,3-10,31H2,1-2H3,(H,32,33,34)/t16-/m1/s1. The van der Waals surface area contributed by atoms with E-state index in [-0.39, 0.29) is 11.6 Å². The summed E-state index contributed by atoms with van der Waals surface area (Å²) in [5.74, 6) is 0.909. The third kappa shape index (κ3) is 5.33. The summed E-state index contributed by atoms with van der Waals surface area (Å²) in [6, 6.07) is 6.77. The molecule has 2 aliphatic rings. The summed E-state index contributed by atoms with van der Waals surface area (Å²) >= 11 is 0. The fourth-order valence-electron chi connectivity index (χ4n) is 5.10. The molecule has 0 spiro atoms. The van der Waals surface area contributed by atoms with E-state index in [0.29, 0.717) is 60.0 Å². The molecule has 38 heavy (non-hydrogen) atoms. The monoisotopic (exact) mass is 528 g/mol. The minimum Gasteiger partial charge on any atom is -0.399 e. The molecule has 1 aromatic heterocycles. The molecule has 2 aromatic carbocycles. The van der Waals surface area contributed by atoms with Gasteiger partial charge in [0.15, 0.2) is 0 Å². The van der Waals surface area contributed by atoms with Crippen LogP contribution in [0.5, 0.6) is 0 Å². The van der Waals surface area contributed by atoms with Crippen molar-refractivity contribution in [2.75, 3.05) is 55.3 Å². The van der Waals surface area contributed by atoms with Gasteiger partial charge in [-0.25, -0.2) is 9.97 Å². The fourth-order valence-corrected chi connectivity index (χ4v) is 5.10.